The number of hydrogen-bond donors (Lipinski definition) is 1. The fourth-order valence-corrected chi connectivity index (χ4v) is 5.47. The van der Waals surface area contributed by atoms with Gasteiger partial charge in [-0.15, -0.1) is 11.3 Å². The summed E-state index contributed by atoms with van der Waals surface area (Å²) in [5.41, 5.74) is 2.28. The Labute approximate surface area is 195 Å². The molecule has 6 rings (SSSR count). The number of ether oxygens (including phenoxy) is 2. The molecule has 2 aliphatic heterocycles. The topological polar surface area (TPSA) is 70.7 Å². The summed E-state index contributed by atoms with van der Waals surface area (Å²) in [6.45, 7) is 5.66. The molecule has 0 unspecified atom stereocenters. The lowest BCUT2D eigenvalue weighted by molar-refractivity contribution is 0.120. The fourth-order valence-electron chi connectivity index (χ4n) is 4.41. The average molecular weight is 461 g/mol. The van der Waals surface area contributed by atoms with Gasteiger partial charge in [-0.1, -0.05) is 36.4 Å². The number of nitrogens with zero attached hydrogens (tertiary/aromatic N) is 3. The minimum Gasteiger partial charge on any atom is -0.454 e. The van der Waals surface area contributed by atoms with Gasteiger partial charge in [-0.3, -0.25) is 14.6 Å². The van der Waals surface area contributed by atoms with Crippen LogP contribution >= 0.6 is 11.3 Å². The predicted molar refractivity (Wildman–Crippen MR) is 129 cm³/mol. The van der Waals surface area contributed by atoms with Crippen molar-refractivity contribution in [2.45, 2.75) is 13.1 Å². The number of thiophene rings is 1. The molecule has 2 aromatic heterocycles. The quantitative estimate of drug-likeness (QED) is 0.490. The third kappa shape index (κ3) is 4.25. The van der Waals surface area contributed by atoms with E-state index in [0.29, 0.717) is 18.7 Å². The summed E-state index contributed by atoms with van der Waals surface area (Å²) in [6.07, 6.45) is 0. The second kappa shape index (κ2) is 8.62. The lowest BCUT2D eigenvalue weighted by Gasteiger charge is -2.34. The van der Waals surface area contributed by atoms with E-state index in [1.807, 2.05) is 30.3 Å². The van der Waals surface area contributed by atoms with Crippen LogP contribution in [0.3, 0.4) is 0 Å². The zero-order valence-electron chi connectivity index (χ0n) is 18.1. The molecule has 0 saturated carbocycles. The molecule has 0 bridgehead atoms. The lowest BCUT2D eigenvalue weighted by atomic mass is 10.1. The highest BCUT2D eigenvalue weighted by Gasteiger charge is 2.20. The zero-order chi connectivity index (χ0) is 22.2. The van der Waals surface area contributed by atoms with Crippen molar-refractivity contribution in [2.24, 2.45) is 0 Å². The van der Waals surface area contributed by atoms with E-state index in [0.717, 1.165) is 65.3 Å². The first kappa shape index (κ1) is 20.4. The number of hydrogen-bond acceptors (Lipinski definition) is 7. The van der Waals surface area contributed by atoms with Gasteiger partial charge in [0, 0.05) is 37.6 Å². The molecule has 7 nitrogen and oxygen atoms in total. The minimum absolute atomic E-state index is 0.0603. The number of fused-ring (bicyclic) bond motifs is 2. The van der Waals surface area contributed by atoms with Gasteiger partial charge in [0.05, 0.1) is 11.9 Å². The maximum absolute atomic E-state index is 12.7. The summed E-state index contributed by atoms with van der Waals surface area (Å²) in [6, 6.07) is 18.2. The molecular weight excluding hydrogens is 436 g/mol. The fraction of sp³-hybridized carbons (Fsp3) is 0.280. The number of nitrogens with one attached hydrogen (secondary N) is 1. The van der Waals surface area contributed by atoms with Crippen LogP contribution in [0.15, 0.2) is 59.4 Å². The highest BCUT2D eigenvalue weighted by Crippen LogP contribution is 2.33. The van der Waals surface area contributed by atoms with Gasteiger partial charge in [0.25, 0.3) is 5.56 Å². The lowest BCUT2D eigenvalue weighted by Crippen LogP contribution is -2.45. The summed E-state index contributed by atoms with van der Waals surface area (Å²) in [7, 11) is 0. The Balaban J connectivity index is 1.10. The van der Waals surface area contributed by atoms with Gasteiger partial charge in [0.15, 0.2) is 11.5 Å². The third-order valence-corrected chi connectivity index (χ3v) is 7.27. The van der Waals surface area contributed by atoms with E-state index in [1.165, 1.54) is 5.56 Å². The summed E-state index contributed by atoms with van der Waals surface area (Å²) < 4.78 is 10.9. The number of H-pyrrole nitrogens is 1. The maximum atomic E-state index is 12.7. The van der Waals surface area contributed by atoms with Gasteiger partial charge in [-0.05, 0) is 29.3 Å². The van der Waals surface area contributed by atoms with E-state index < -0.39 is 0 Å². The van der Waals surface area contributed by atoms with Crippen molar-refractivity contribution in [2.75, 3.05) is 33.0 Å². The number of rotatable bonds is 5. The van der Waals surface area contributed by atoms with Crippen molar-refractivity contribution >= 4 is 21.6 Å². The van der Waals surface area contributed by atoms with E-state index in [-0.39, 0.29) is 5.56 Å². The summed E-state index contributed by atoms with van der Waals surface area (Å²) in [5.74, 6) is 2.39. The van der Waals surface area contributed by atoms with Crippen LogP contribution in [-0.4, -0.2) is 52.7 Å². The van der Waals surface area contributed by atoms with E-state index in [9.17, 15) is 4.79 Å². The molecule has 2 aromatic carbocycles. The third-order valence-electron chi connectivity index (χ3n) is 6.19. The molecule has 4 aromatic rings. The SMILES string of the molecule is O=c1[nH]c(CN2CCN(Cc3ccc4c(c3)OCO4)CC2)nc2sc(-c3ccccc3)cc12. The molecule has 0 amide bonds. The van der Waals surface area contributed by atoms with Crippen molar-refractivity contribution in [1.82, 2.24) is 19.8 Å². The Morgan fingerprint density at radius 1 is 0.909 bits per heavy atom. The Bertz CT molecular complexity index is 1340. The molecule has 8 heteroatoms. The van der Waals surface area contributed by atoms with E-state index >= 15 is 0 Å². The highest BCUT2D eigenvalue weighted by atomic mass is 32.1. The van der Waals surface area contributed by atoms with Crippen LogP contribution in [0.1, 0.15) is 11.4 Å². The van der Waals surface area contributed by atoms with Crippen LogP contribution in [-0.2, 0) is 13.1 Å². The molecule has 33 heavy (non-hydrogen) atoms. The van der Waals surface area contributed by atoms with Crippen LogP contribution < -0.4 is 15.0 Å². The number of benzene rings is 2. The first-order valence-electron chi connectivity index (χ1n) is 11.1. The summed E-state index contributed by atoms with van der Waals surface area (Å²) in [5, 5.41) is 0.663. The largest absolute Gasteiger partial charge is 0.454 e. The molecule has 1 N–H and O–H groups in total. The van der Waals surface area contributed by atoms with Gasteiger partial charge >= 0.3 is 0 Å². The van der Waals surface area contributed by atoms with Gasteiger partial charge in [-0.25, -0.2) is 4.98 Å². The Hall–Kier alpha value is -3.20. The Morgan fingerprint density at radius 3 is 2.48 bits per heavy atom. The van der Waals surface area contributed by atoms with Crippen molar-refractivity contribution < 1.29 is 9.47 Å². The van der Waals surface area contributed by atoms with Crippen molar-refractivity contribution in [3.8, 4) is 21.9 Å². The van der Waals surface area contributed by atoms with Gasteiger partial charge < -0.3 is 14.5 Å². The van der Waals surface area contributed by atoms with Gasteiger partial charge in [0.2, 0.25) is 6.79 Å². The molecule has 2 aliphatic rings. The molecule has 1 saturated heterocycles. The maximum Gasteiger partial charge on any atom is 0.259 e. The monoisotopic (exact) mass is 460 g/mol. The smallest absolute Gasteiger partial charge is 0.259 e. The number of aromatic nitrogens is 2. The Kier molecular flexibility index (Phi) is 5.33. The average Bonchev–Trinajstić information content (AvgIpc) is 3.48. The first-order chi connectivity index (χ1) is 16.2. The molecule has 0 aliphatic carbocycles. The van der Waals surface area contributed by atoms with Crippen molar-refractivity contribution in [1.29, 1.82) is 0 Å². The molecular formula is C25H24N4O3S. The van der Waals surface area contributed by atoms with E-state index in [1.54, 1.807) is 11.3 Å². The van der Waals surface area contributed by atoms with E-state index in [2.05, 4.69) is 39.0 Å². The number of piperazine rings is 1. The Morgan fingerprint density at radius 2 is 1.67 bits per heavy atom. The summed E-state index contributed by atoms with van der Waals surface area (Å²) >= 11 is 1.57. The van der Waals surface area contributed by atoms with Crippen LogP contribution in [0.5, 0.6) is 11.5 Å². The molecule has 168 valence electrons. The minimum atomic E-state index is -0.0603. The normalized spacial score (nSPS) is 16.5. The molecule has 0 atom stereocenters. The van der Waals surface area contributed by atoms with Crippen LogP contribution in [0.4, 0.5) is 0 Å². The van der Waals surface area contributed by atoms with Crippen LogP contribution in [0, 0.1) is 0 Å². The van der Waals surface area contributed by atoms with Gasteiger partial charge in [0.1, 0.15) is 10.7 Å². The summed E-state index contributed by atoms with van der Waals surface area (Å²) in [4.78, 5) is 27.1. The molecule has 0 spiro atoms. The molecule has 4 heterocycles. The highest BCUT2D eigenvalue weighted by molar-refractivity contribution is 7.21. The standard InChI is InChI=1S/C25H24N4O3S/c30-24-19-13-22(18-4-2-1-3-5-18)33-25(19)27-23(26-24)15-29-10-8-28(9-11-29)14-17-6-7-20-21(12-17)32-16-31-20/h1-7,12-13H,8-11,14-16H2,(H,26,27,30). The first-order valence-corrected chi connectivity index (χ1v) is 11.9. The second-order valence-electron chi connectivity index (χ2n) is 8.45. The molecule has 0 radical (unpaired) electrons. The van der Waals surface area contributed by atoms with Gasteiger partial charge in [-0.2, -0.15) is 0 Å². The van der Waals surface area contributed by atoms with Crippen molar-refractivity contribution in [3.05, 3.63) is 76.3 Å². The number of aromatic amines is 1. The van der Waals surface area contributed by atoms with Crippen LogP contribution in [0.2, 0.25) is 0 Å². The zero-order valence-corrected chi connectivity index (χ0v) is 18.9. The van der Waals surface area contributed by atoms with Crippen LogP contribution in [0.25, 0.3) is 20.7 Å². The molecule has 1 fully saturated rings. The predicted octanol–water partition coefficient (Wildman–Crippen LogP) is 3.70. The second-order valence-corrected chi connectivity index (χ2v) is 9.48. The van der Waals surface area contributed by atoms with Crippen molar-refractivity contribution in [3.63, 3.8) is 0 Å². The van der Waals surface area contributed by atoms with E-state index in [4.69, 9.17) is 14.5 Å².